The highest BCUT2D eigenvalue weighted by molar-refractivity contribution is 5.95. The zero-order valence-corrected chi connectivity index (χ0v) is 12.0. The zero-order chi connectivity index (χ0) is 15.0. The van der Waals surface area contributed by atoms with Crippen LogP contribution in [0.3, 0.4) is 0 Å². The second kappa shape index (κ2) is 5.39. The molecule has 0 spiro atoms. The summed E-state index contributed by atoms with van der Waals surface area (Å²) >= 11 is 0. The molecule has 1 N–H and O–H groups in total. The number of hydrogen-bond donors (Lipinski definition) is 1. The molecule has 1 atom stereocenters. The Labute approximate surface area is 123 Å². The topological polar surface area (TPSA) is 66.8 Å². The quantitative estimate of drug-likeness (QED) is 0.899. The van der Waals surface area contributed by atoms with E-state index in [0.717, 1.165) is 30.6 Å². The van der Waals surface area contributed by atoms with Crippen molar-refractivity contribution in [2.75, 3.05) is 13.2 Å². The number of amides is 1. The molecule has 3 rings (SSSR count). The standard InChI is InChI=1S/C16H19NO4/c1-10(16(19)20)9-17(13-3-4-13)15(18)12-2-5-14-11(8-12)6-7-21-14/h2,5,8,10,13H,3-4,6-7,9H2,1H3,(H,19,20)/t10-/m0/s1. The lowest BCUT2D eigenvalue weighted by Crippen LogP contribution is -2.38. The van der Waals surface area contributed by atoms with Crippen LogP contribution < -0.4 is 4.74 Å². The number of aliphatic carboxylic acids is 1. The van der Waals surface area contributed by atoms with Gasteiger partial charge in [-0.25, -0.2) is 0 Å². The van der Waals surface area contributed by atoms with Gasteiger partial charge in [0.25, 0.3) is 5.91 Å². The lowest BCUT2D eigenvalue weighted by Gasteiger charge is -2.24. The first kappa shape index (κ1) is 13.9. The Morgan fingerprint density at radius 3 is 2.86 bits per heavy atom. The van der Waals surface area contributed by atoms with Gasteiger partial charge in [0.05, 0.1) is 12.5 Å². The molecule has 21 heavy (non-hydrogen) atoms. The average molecular weight is 289 g/mol. The Kier molecular flexibility index (Phi) is 3.57. The summed E-state index contributed by atoms with van der Waals surface area (Å²) < 4.78 is 5.45. The highest BCUT2D eigenvalue weighted by Gasteiger charge is 2.35. The van der Waals surface area contributed by atoms with Crippen molar-refractivity contribution in [2.24, 2.45) is 5.92 Å². The first-order valence-electron chi connectivity index (χ1n) is 7.36. The van der Waals surface area contributed by atoms with Crippen LogP contribution in [-0.4, -0.2) is 41.1 Å². The fraction of sp³-hybridized carbons (Fsp3) is 0.500. The van der Waals surface area contributed by atoms with Gasteiger partial charge in [0.1, 0.15) is 5.75 Å². The maximum Gasteiger partial charge on any atom is 0.308 e. The lowest BCUT2D eigenvalue weighted by molar-refractivity contribution is -0.141. The molecule has 1 aliphatic heterocycles. The van der Waals surface area contributed by atoms with Gasteiger partial charge in [-0.3, -0.25) is 9.59 Å². The van der Waals surface area contributed by atoms with Crippen molar-refractivity contribution in [1.82, 2.24) is 4.90 Å². The van der Waals surface area contributed by atoms with E-state index in [9.17, 15) is 9.59 Å². The maximum absolute atomic E-state index is 12.7. The Hall–Kier alpha value is -2.04. The van der Waals surface area contributed by atoms with Gasteiger partial charge in [0.15, 0.2) is 0 Å². The number of ether oxygens (including phenoxy) is 1. The van der Waals surface area contributed by atoms with E-state index in [1.165, 1.54) is 0 Å². The smallest absolute Gasteiger partial charge is 0.308 e. The summed E-state index contributed by atoms with van der Waals surface area (Å²) in [5, 5.41) is 9.06. The molecule has 1 heterocycles. The number of benzene rings is 1. The highest BCUT2D eigenvalue weighted by Crippen LogP contribution is 2.31. The van der Waals surface area contributed by atoms with Gasteiger partial charge >= 0.3 is 5.97 Å². The third kappa shape index (κ3) is 2.86. The van der Waals surface area contributed by atoms with E-state index < -0.39 is 11.9 Å². The van der Waals surface area contributed by atoms with Gasteiger partial charge in [-0.2, -0.15) is 0 Å². The molecule has 0 radical (unpaired) electrons. The maximum atomic E-state index is 12.7. The van der Waals surface area contributed by atoms with Crippen LogP contribution in [0.5, 0.6) is 5.75 Å². The molecule has 1 aromatic carbocycles. The fourth-order valence-electron chi connectivity index (χ4n) is 2.64. The molecular formula is C16H19NO4. The number of carbonyl (C=O) groups is 2. The van der Waals surface area contributed by atoms with Crippen LogP contribution in [-0.2, 0) is 11.2 Å². The van der Waals surface area contributed by atoms with Crippen molar-refractivity contribution >= 4 is 11.9 Å². The summed E-state index contributed by atoms with van der Waals surface area (Å²) in [4.78, 5) is 25.4. The number of carboxylic acid groups (broad SMARTS) is 1. The van der Waals surface area contributed by atoms with Gasteiger partial charge in [0.2, 0.25) is 0 Å². The second-order valence-corrected chi connectivity index (χ2v) is 5.85. The Bertz CT molecular complexity index is 580. The predicted molar refractivity (Wildman–Crippen MR) is 76.5 cm³/mol. The van der Waals surface area contributed by atoms with Gasteiger partial charge in [-0.1, -0.05) is 6.92 Å². The van der Waals surface area contributed by atoms with E-state index >= 15 is 0 Å². The molecule has 0 unspecified atom stereocenters. The van der Waals surface area contributed by atoms with Crippen LogP contribution in [0.2, 0.25) is 0 Å². The van der Waals surface area contributed by atoms with Crippen molar-refractivity contribution in [2.45, 2.75) is 32.2 Å². The molecule has 1 fully saturated rings. The van der Waals surface area contributed by atoms with Gasteiger partial charge in [-0.15, -0.1) is 0 Å². The van der Waals surface area contributed by atoms with E-state index in [1.54, 1.807) is 17.9 Å². The number of rotatable bonds is 5. The molecule has 0 saturated heterocycles. The molecule has 1 saturated carbocycles. The summed E-state index contributed by atoms with van der Waals surface area (Å²) in [5.41, 5.74) is 1.69. The largest absolute Gasteiger partial charge is 0.493 e. The molecule has 1 aromatic rings. The van der Waals surface area contributed by atoms with E-state index in [2.05, 4.69) is 0 Å². The van der Waals surface area contributed by atoms with Crippen LogP contribution in [0.25, 0.3) is 0 Å². The van der Waals surface area contributed by atoms with E-state index in [1.807, 2.05) is 12.1 Å². The zero-order valence-electron chi connectivity index (χ0n) is 12.0. The first-order chi connectivity index (χ1) is 10.1. The molecule has 5 heteroatoms. The molecule has 0 bridgehead atoms. The Morgan fingerprint density at radius 1 is 1.43 bits per heavy atom. The van der Waals surface area contributed by atoms with Crippen molar-refractivity contribution in [1.29, 1.82) is 0 Å². The normalized spacial score (nSPS) is 17.8. The van der Waals surface area contributed by atoms with Gasteiger partial charge in [0, 0.05) is 24.6 Å². The van der Waals surface area contributed by atoms with E-state index in [0.29, 0.717) is 12.2 Å². The third-order valence-electron chi connectivity index (χ3n) is 4.08. The minimum absolute atomic E-state index is 0.0692. The van der Waals surface area contributed by atoms with Crippen molar-refractivity contribution < 1.29 is 19.4 Å². The van der Waals surface area contributed by atoms with Crippen molar-refractivity contribution in [3.05, 3.63) is 29.3 Å². The van der Waals surface area contributed by atoms with E-state index in [4.69, 9.17) is 9.84 Å². The summed E-state index contributed by atoms with van der Waals surface area (Å²) in [7, 11) is 0. The third-order valence-corrected chi connectivity index (χ3v) is 4.08. The number of carbonyl (C=O) groups excluding carboxylic acids is 1. The monoisotopic (exact) mass is 289 g/mol. The Morgan fingerprint density at radius 2 is 2.19 bits per heavy atom. The van der Waals surface area contributed by atoms with Crippen LogP contribution in [0.15, 0.2) is 18.2 Å². The van der Waals surface area contributed by atoms with Gasteiger partial charge < -0.3 is 14.7 Å². The number of nitrogens with zero attached hydrogens (tertiary/aromatic N) is 1. The summed E-state index contributed by atoms with van der Waals surface area (Å²) in [6, 6.07) is 5.68. The summed E-state index contributed by atoms with van der Waals surface area (Å²) in [5.74, 6) is -0.633. The minimum Gasteiger partial charge on any atom is -0.493 e. The van der Waals surface area contributed by atoms with Crippen molar-refractivity contribution in [3.8, 4) is 5.75 Å². The van der Waals surface area contributed by atoms with Crippen LogP contribution in [0.4, 0.5) is 0 Å². The molecular weight excluding hydrogens is 270 g/mol. The number of carboxylic acids is 1. The van der Waals surface area contributed by atoms with Crippen LogP contribution >= 0.6 is 0 Å². The number of hydrogen-bond acceptors (Lipinski definition) is 3. The second-order valence-electron chi connectivity index (χ2n) is 5.85. The van der Waals surface area contributed by atoms with Gasteiger partial charge in [-0.05, 0) is 36.6 Å². The summed E-state index contributed by atoms with van der Waals surface area (Å²) in [6.45, 7) is 2.57. The Balaban J connectivity index is 1.79. The molecule has 5 nitrogen and oxygen atoms in total. The highest BCUT2D eigenvalue weighted by atomic mass is 16.5. The lowest BCUT2D eigenvalue weighted by atomic mass is 10.1. The minimum atomic E-state index is -0.865. The molecule has 1 aliphatic carbocycles. The average Bonchev–Trinajstić information content (AvgIpc) is 3.20. The number of fused-ring (bicyclic) bond motifs is 1. The SMILES string of the molecule is C[C@@H](CN(C(=O)c1ccc2c(c1)CCO2)C1CC1)C(=O)O. The molecule has 112 valence electrons. The van der Waals surface area contributed by atoms with Crippen molar-refractivity contribution in [3.63, 3.8) is 0 Å². The predicted octanol–water partition coefficient (Wildman–Crippen LogP) is 1.95. The van der Waals surface area contributed by atoms with Crippen LogP contribution in [0.1, 0.15) is 35.7 Å². The summed E-state index contributed by atoms with van der Waals surface area (Å²) in [6.07, 6.45) is 2.75. The fourth-order valence-corrected chi connectivity index (χ4v) is 2.64. The molecule has 1 amide bonds. The van der Waals surface area contributed by atoms with E-state index in [-0.39, 0.29) is 18.5 Å². The molecule has 0 aromatic heterocycles. The molecule has 2 aliphatic rings. The first-order valence-corrected chi connectivity index (χ1v) is 7.36. The van der Waals surface area contributed by atoms with Crippen LogP contribution in [0, 0.1) is 5.92 Å².